The predicted molar refractivity (Wildman–Crippen MR) is 114 cm³/mol. The van der Waals surface area contributed by atoms with Gasteiger partial charge in [-0.05, 0) is 28.2 Å². The lowest BCUT2D eigenvalue weighted by Crippen LogP contribution is -2.38. The highest BCUT2D eigenvalue weighted by molar-refractivity contribution is 5.62. The Labute approximate surface area is 176 Å². The molecule has 0 saturated carbocycles. The number of nitrogens with zero attached hydrogens (tertiary/aromatic N) is 5. The molecule has 4 N–H and O–H groups in total. The second-order valence-electron chi connectivity index (χ2n) is 7.23. The third-order valence-electron chi connectivity index (χ3n) is 5.04. The average Bonchev–Trinajstić information content (AvgIpc) is 3.18. The predicted octanol–water partition coefficient (Wildman–Crippen LogP) is 0.347. The largest absolute Gasteiger partial charge is 0.494 e. The fourth-order valence-corrected chi connectivity index (χ4v) is 3.53. The lowest BCUT2D eigenvalue weighted by Gasteiger charge is -2.04. The lowest BCUT2D eigenvalue weighted by molar-refractivity contribution is 0.150. The Morgan fingerprint density at radius 2 is 2.00 bits per heavy atom. The number of aromatic hydroxyl groups is 2. The minimum Gasteiger partial charge on any atom is -0.494 e. The summed E-state index contributed by atoms with van der Waals surface area (Å²) in [5, 5.41) is 28.1. The van der Waals surface area contributed by atoms with Crippen molar-refractivity contribution >= 4 is 23.4 Å². The standard InChI is InChI=1S/C21H21N7O3/c29-17-12-14(19(30)24-17)11-15-13-22-28-18(15)25-20(27-7-4-9-31-10-8-27)26-21(28)23-16-5-2-1-3-6-16/h1-3,5-6,11-13H,4,7-10H2,(H3,22,23,24,25,26,29,30)/p+1. The molecular formula is C21H22N7O3+. The van der Waals surface area contributed by atoms with Crippen LogP contribution in [0.3, 0.4) is 0 Å². The van der Waals surface area contributed by atoms with Gasteiger partial charge in [0.1, 0.15) is 0 Å². The Morgan fingerprint density at radius 3 is 2.81 bits per heavy atom. The first-order valence-electron chi connectivity index (χ1n) is 10.0. The van der Waals surface area contributed by atoms with Gasteiger partial charge in [0.2, 0.25) is 5.65 Å². The summed E-state index contributed by atoms with van der Waals surface area (Å²) in [6, 6.07) is 11.2. The third kappa shape index (κ3) is 3.92. The van der Waals surface area contributed by atoms with Gasteiger partial charge < -0.3 is 20.3 Å². The first-order valence-corrected chi connectivity index (χ1v) is 10.0. The minimum absolute atomic E-state index is 0.119. The molecule has 1 aromatic carbocycles. The zero-order chi connectivity index (χ0) is 21.2. The number of aromatic nitrogens is 5. The van der Waals surface area contributed by atoms with Gasteiger partial charge >= 0.3 is 11.6 Å². The number of aromatic amines is 1. The fourth-order valence-electron chi connectivity index (χ4n) is 3.53. The van der Waals surface area contributed by atoms with Crippen LogP contribution in [0.2, 0.25) is 0 Å². The molecule has 0 amide bonds. The fraction of sp³-hybridized carbons (Fsp3) is 0.238. The number of hydrogen-bond acceptors (Lipinski definition) is 7. The molecule has 0 bridgehead atoms. The highest BCUT2D eigenvalue weighted by Crippen LogP contribution is 2.22. The molecule has 0 unspecified atom stereocenters. The van der Waals surface area contributed by atoms with Crippen LogP contribution in [0.1, 0.15) is 12.0 Å². The molecule has 0 atom stereocenters. The number of rotatable bonds is 3. The Kier molecular flexibility index (Phi) is 4.97. The molecule has 4 aromatic rings. The zero-order valence-corrected chi connectivity index (χ0v) is 16.7. The van der Waals surface area contributed by atoms with Crippen LogP contribution >= 0.6 is 0 Å². The van der Waals surface area contributed by atoms with Crippen molar-refractivity contribution in [3.63, 3.8) is 0 Å². The molecule has 1 saturated heterocycles. The molecule has 3 aromatic heterocycles. The van der Waals surface area contributed by atoms with Crippen molar-refractivity contribution in [1.29, 1.82) is 0 Å². The molecule has 158 valence electrons. The van der Waals surface area contributed by atoms with Gasteiger partial charge in [0, 0.05) is 30.3 Å². The second-order valence-corrected chi connectivity index (χ2v) is 7.23. The summed E-state index contributed by atoms with van der Waals surface area (Å²) in [5.41, 5.74) is 2.47. The Morgan fingerprint density at radius 1 is 1.13 bits per heavy atom. The van der Waals surface area contributed by atoms with Crippen LogP contribution in [0.4, 0.5) is 11.6 Å². The van der Waals surface area contributed by atoms with E-state index in [0.717, 1.165) is 25.3 Å². The monoisotopic (exact) mass is 420 g/mol. The SMILES string of the molecule is Oc1cc(C=c2cnn3c(Nc4ccccc4)nc(=[N+]4CCCOCC4)nc23)c(O)[nH]1. The normalized spacial score (nSPS) is 17.1. The minimum atomic E-state index is -0.126. The van der Waals surface area contributed by atoms with Crippen LogP contribution in [-0.2, 0) is 4.74 Å². The molecule has 4 heterocycles. The summed E-state index contributed by atoms with van der Waals surface area (Å²) in [4.78, 5) is 12.0. The van der Waals surface area contributed by atoms with E-state index in [4.69, 9.17) is 14.7 Å². The van der Waals surface area contributed by atoms with E-state index in [1.54, 1.807) is 16.8 Å². The molecule has 0 radical (unpaired) electrons. The smallest absolute Gasteiger partial charge is 0.434 e. The van der Waals surface area contributed by atoms with Crippen molar-refractivity contribution in [2.24, 2.45) is 0 Å². The molecule has 0 aliphatic carbocycles. The van der Waals surface area contributed by atoms with Crippen molar-refractivity contribution in [2.45, 2.75) is 6.42 Å². The first-order chi connectivity index (χ1) is 15.2. The Bertz CT molecular complexity index is 1330. The van der Waals surface area contributed by atoms with E-state index in [-0.39, 0.29) is 11.8 Å². The van der Waals surface area contributed by atoms with Gasteiger partial charge in [-0.25, -0.2) is 0 Å². The summed E-state index contributed by atoms with van der Waals surface area (Å²) < 4.78 is 9.29. The van der Waals surface area contributed by atoms with Crippen LogP contribution in [0.25, 0.3) is 11.7 Å². The Hall–Kier alpha value is -3.92. The van der Waals surface area contributed by atoms with E-state index in [0.29, 0.717) is 41.1 Å². The molecule has 0 spiro atoms. The number of para-hydroxylation sites is 1. The molecule has 5 rings (SSSR count). The van der Waals surface area contributed by atoms with E-state index >= 15 is 0 Å². The molecule has 1 fully saturated rings. The van der Waals surface area contributed by atoms with Crippen molar-refractivity contribution in [3.05, 3.63) is 59.0 Å². The van der Waals surface area contributed by atoms with E-state index in [1.807, 2.05) is 30.3 Å². The maximum Gasteiger partial charge on any atom is 0.434 e. The van der Waals surface area contributed by atoms with E-state index in [2.05, 4.69) is 20.0 Å². The van der Waals surface area contributed by atoms with Gasteiger partial charge in [-0.3, -0.25) is 9.56 Å². The van der Waals surface area contributed by atoms with Crippen LogP contribution < -0.4 is 20.7 Å². The lowest BCUT2D eigenvalue weighted by atomic mass is 10.2. The van der Waals surface area contributed by atoms with Gasteiger partial charge in [0.25, 0.3) is 0 Å². The highest BCUT2D eigenvalue weighted by Gasteiger charge is 2.18. The van der Waals surface area contributed by atoms with E-state index < -0.39 is 0 Å². The van der Waals surface area contributed by atoms with Crippen LogP contribution in [0, 0.1) is 0 Å². The molecule has 10 nitrogen and oxygen atoms in total. The summed E-state index contributed by atoms with van der Waals surface area (Å²) in [6.45, 7) is 2.82. The second kappa shape index (κ2) is 8.07. The van der Waals surface area contributed by atoms with Crippen LogP contribution in [0.5, 0.6) is 11.8 Å². The van der Waals surface area contributed by atoms with Gasteiger partial charge in [0.05, 0.1) is 31.1 Å². The maximum atomic E-state index is 10.0. The summed E-state index contributed by atoms with van der Waals surface area (Å²) in [6.07, 6.45) is 4.26. The van der Waals surface area contributed by atoms with E-state index in [1.165, 1.54) is 6.07 Å². The highest BCUT2D eigenvalue weighted by atomic mass is 16.5. The van der Waals surface area contributed by atoms with Gasteiger partial charge in [0.15, 0.2) is 11.8 Å². The maximum absolute atomic E-state index is 10.0. The topological polar surface area (TPSA) is 124 Å². The average molecular weight is 420 g/mol. The zero-order valence-electron chi connectivity index (χ0n) is 16.7. The number of anilines is 2. The number of hydrogen-bond donors (Lipinski definition) is 4. The number of ether oxygens (including phenoxy) is 1. The van der Waals surface area contributed by atoms with Crippen molar-refractivity contribution in [2.75, 3.05) is 31.6 Å². The third-order valence-corrected chi connectivity index (χ3v) is 5.04. The van der Waals surface area contributed by atoms with Crippen LogP contribution in [0.15, 0.2) is 42.6 Å². The molecule has 1 aliphatic heterocycles. The van der Waals surface area contributed by atoms with Crippen molar-refractivity contribution in [1.82, 2.24) is 29.1 Å². The van der Waals surface area contributed by atoms with E-state index in [9.17, 15) is 10.2 Å². The van der Waals surface area contributed by atoms with Gasteiger partial charge in [-0.15, -0.1) is 0 Å². The van der Waals surface area contributed by atoms with Crippen molar-refractivity contribution < 1.29 is 14.9 Å². The number of H-pyrrole nitrogens is 1. The molecule has 31 heavy (non-hydrogen) atoms. The van der Waals surface area contributed by atoms with Crippen LogP contribution in [-0.4, -0.2) is 61.1 Å². The number of fused-ring (bicyclic) bond motifs is 1. The first kappa shape index (κ1) is 19.1. The van der Waals surface area contributed by atoms with Crippen molar-refractivity contribution in [3.8, 4) is 11.8 Å². The number of benzene rings is 1. The molecule has 10 heteroatoms. The van der Waals surface area contributed by atoms with Gasteiger partial charge in [-0.2, -0.15) is 9.61 Å². The Balaban J connectivity index is 1.72. The quantitative estimate of drug-likeness (QED) is 0.353. The number of nitrogens with one attached hydrogen (secondary N) is 2. The molecule has 1 aliphatic rings. The molecular weight excluding hydrogens is 398 g/mol. The summed E-state index contributed by atoms with van der Waals surface area (Å²) in [5.74, 6) is 0.280. The summed E-state index contributed by atoms with van der Waals surface area (Å²) >= 11 is 0. The van der Waals surface area contributed by atoms with Gasteiger partial charge in [-0.1, -0.05) is 18.2 Å². The summed E-state index contributed by atoms with van der Waals surface area (Å²) in [7, 11) is 0.